The summed E-state index contributed by atoms with van der Waals surface area (Å²) >= 11 is 0. The molecule has 1 aliphatic carbocycles. The molecular weight excluding hydrogens is 248 g/mol. The van der Waals surface area contributed by atoms with Gasteiger partial charge in [-0.3, -0.25) is 4.90 Å². The van der Waals surface area contributed by atoms with Crippen molar-refractivity contribution >= 4 is 0 Å². The van der Waals surface area contributed by atoms with Gasteiger partial charge in [0.05, 0.1) is 0 Å². The Balaban J connectivity index is 1.85. The van der Waals surface area contributed by atoms with E-state index in [-0.39, 0.29) is 0 Å². The number of fused-ring (bicyclic) bond motifs is 1. The molecule has 1 heterocycles. The topological polar surface area (TPSA) is 26.7 Å². The second-order valence-corrected chi connectivity index (χ2v) is 6.72. The standard InChI is InChI=1S/C17H26N2O/c1-12-10-19(11-16(12)18(2)3)15-8-4-7-14-13(15)6-5-9-17(14)20/h5-6,9,12,15-16,20H,4,7-8,10-11H2,1-3H3. The minimum atomic E-state index is 0.489. The highest BCUT2D eigenvalue weighted by Gasteiger charge is 2.36. The van der Waals surface area contributed by atoms with Gasteiger partial charge in [0.15, 0.2) is 0 Å². The van der Waals surface area contributed by atoms with Gasteiger partial charge in [-0.2, -0.15) is 0 Å². The Bertz CT molecular complexity index is 486. The molecule has 0 radical (unpaired) electrons. The second-order valence-electron chi connectivity index (χ2n) is 6.72. The lowest BCUT2D eigenvalue weighted by atomic mass is 9.86. The summed E-state index contributed by atoms with van der Waals surface area (Å²) in [5, 5.41) is 10.1. The van der Waals surface area contributed by atoms with Crippen LogP contribution in [0.2, 0.25) is 0 Å². The van der Waals surface area contributed by atoms with E-state index in [1.165, 1.54) is 30.5 Å². The summed E-state index contributed by atoms with van der Waals surface area (Å²) in [5.41, 5.74) is 2.55. The second kappa shape index (κ2) is 5.38. The van der Waals surface area contributed by atoms with Crippen LogP contribution in [0.25, 0.3) is 0 Å². The average molecular weight is 274 g/mol. The van der Waals surface area contributed by atoms with E-state index in [1.807, 2.05) is 12.1 Å². The van der Waals surface area contributed by atoms with Crippen LogP contribution in [0, 0.1) is 5.92 Å². The van der Waals surface area contributed by atoms with Gasteiger partial charge in [0.1, 0.15) is 5.75 Å². The van der Waals surface area contributed by atoms with Crippen LogP contribution in [0.3, 0.4) is 0 Å². The molecule has 3 unspecified atom stereocenters. The molecule has 0 aromatic heterocycles. The Morgan fingerprint density at radius 1 is 1.25 bits per heavy atom. The number of hydrogen-bond donors (Lipinski definition) is 1. The molecule has 20 heavy (non-hydrogen) atoms. The van der Waals surface area contributed by atoms with Crippen molar-refractivity contribution in [2.75, 3.05) is 27.2 Å². The lowest BCUT2D eigenvalue weighted by molar-refractivity contribution is 0.198. The molecule has 3 atom stereocenters. The van der Waals surface area contributed by atoms with Crippen LogP contribution in [0.15, 0.2) is 18.2 Å². The summed E-state index contributed by atoms with van der Waals surface area (Å²) < 4.78 is 0. The van der Waals surface area contributed by atoms with Gasteiger partial charge < -0.3 is 10.0 Å². The molecular formula is C17H26N2O. The highest BCUT2D eigenvalue weighted by Crippen LogP contribution is 2.40. The van der Waals surface area contributed by atoms with E-state index in [0.29, 0.717) is 23.8 Å². The smallest absolute Gasteiger partial charge is 0.119 e. The summed E-state index contributed by atoms with van der Waals surface area (Å²) in [6, 6.07) is 7.19. The van der Waals surface area contributed by atoms with Crippen molar-refractivity contribution in [3.05, 3.63) is 29.3 Å². The van der Waals surface area contributed by atoms with Gasteiger partial charge in [-0.05, 0) is 56.5 Å². The minimum absolute atomic E-state index is 0.489. The number of phenols is 1. The van der Waals surface area contributed by atoms with Crippen molar-refractivity contribution in [3.8, 4) is 5.75 Å². The Hall–Kier alpha value is -1.06. The Kier molecular flexibility index (Phi) is 3.74. The van der Waals surface area contributed by atoms with Crippen molar-refractivity contribution < 1.29 is 5.11 Å². The van der Waals surface area contributed by atoms with E-state index in [4.69, 9.17) is 0 Å². The fourth-order valence-corrected chi connectivity index (χ4v) is 4.10. The van der Waals surface area contributed by atoms with Crippen LogP contribution in [-0.2, 0) is 6.42 Å². The third kappa shape index (κ3) is 2.33. The SMILES string of the molecule is CC1CN(C2CCCc3c(O)cccc32)CC1N(C)C. The summed E-state index contributed by atoms with van der Waals surface area (Å²) in [6.45, 7) is 4.67. The van der Waals surface area contributed by atoms with Gasteiger partial charge >= 0.3 is 0 Å². The van der Waals surface area contributed by atoms with Gasteiger partial charge in [0.2, 0.25) is 0 Å². The number of likely N-dealkylation sites (N-methyl/N-ethyl adjacent to an activating group) is 1. The number of phenolic OH excluding ortho intramolecular Hbond substituents is 1. The van der Waals surface area contributed by atoms with Crippen molar-refractivity contribution in [1.29, 1.82) is 0 Å². The predicted molar refractivity (Wildman–Crippen MR) is 82.0 cm³/mol. The third-order valence-electron chi connectivity index (χ3n) is 5.16. The molecule has 1 aromatic rings. The first-order chi connectivity index (χ1) is 9.58. The van der Waals surface area contributed by atoms with Crippen LogP contribution in [-0.4, -0.2) is 48.1 Å². The van der Waals surface area contributed by atoms with Crippen molar-refractivity contribution in [1.82, 2.24) is 9.80 Å². The van der Waals surface area contributed by atoms with E-state index < -0.39 is 0 Å². The largest absolute Gasteiger partial charge is 0.508 e. The maximum atomic E-state index is 10.1. The molecule has 3 heteroatoms. The lowest BCUT2D eigenvalue weighted by Crippen LogP contribution is -2.35. The first kappa shape index (κ1) is 13.9. The highest BCUT2D eigenvalue weighted by atomic mass is 16.3. The summed E-state index contributed by atoms with van der Waals surface area (Å²) in [6.07, 6.45) is 3.44. The molecule has 0 spiro atoms. The fraction of sp³-hybridized carbons (Fsp3) is 0.647. The van der Waals surface area contributed by atoms with Gasteiger partial charge in [0, 0.05) is 25.2 Å². The number of nitrogens with zero attached hydrogens (tertiary/aromatic N) is 2. The molecule has 3 rings (SSSR count). The van der Waals surface area contributed by atoms with Crippen LogP contribution in [0.4, 0.5) is 0 Å². The Labute approximate surface area is 122 Å². The van der Waals surface area contributed by atoms with Crippen molar-refractivity contribution in [2.45, 2.75) is 38.3 Å². The van der Waals surface area contributed by atoms with Gasteiger partial charge in [-0.15, -0.1) is 0 Å². The quantitative estimate of drug-likeness (QED) is 0.898. The van der Waals surface area contributed by atoms with E-state index in [0.717, 1.165) is 13.0 Å². The molecule has 2 aliphatic rings. The summed E-state index contributed by atoms with van der Waals surface area (Å²) in [7, 11) is 4.37. The first-order valence-electron chi connectivity index (χ1n) is 7.79. The molecule has 110 valence electrons. The lowest BCUT2D eigenvalue weighted by Gasteiger charge is -2.34. The zero-order valence-corrected chi connectivity index (χ0v) is 12.8. The van der Waals surface area contributed by atoms with E-state index in [9.17, 15) is 5.11 Å². The molecule has 0 saturated carbocycles. The van der Waals surface area contributed by atoms with E-state index >= 15 is 0 Å². The number of rotatable bonds is 2. The van der Waals surface area contributed by atoms with Crippen molar-refractivity contribution in [3.63, 3.8) is 0 Å². The third-order valence-corrected chi connectivity index (χ3v) is 5.16. The summed E-state index contributed by atoms with van der Waals surface area (Å²) in [5.74, 6) is 1.20. The van der Waals surface area contributed by atoms with Crippen LogP contribution < -0.4 is 0 Å². The zero-order valence-electron chi connectivity index (χ0n) is 12.8. The van der Waals surface area contributed by atoms with Crippen LogP contribution >= 0.6 is 0 Å². The van der Waals surface area contributed by atoms with Gasteiger partial charge in [-0.1, -0.05) is 19.1 Å². The molecule has 1 N–H and O–H groups in total. The van der Waals surface area contributed by atoms with Crippen molar-refractivity contribution in [2.24, 2.45) is 5.92 Å². The molecule has 1 saturated heterocycles. The summed E-state index contributed by atoms with van der Waals surface area (Å²) in [4.78, 5) is 4.99. The number of hydrogen-bond acceptors (Lipinski definition) is 3. The zero-order chi connectivity index (χ0) is 14.3. The maximum absolute atomic E-state index is 10.1. The van der Waals surface area contributed by atoms with Gasteiger partial charge in [0.25, 0.3) is 0 Å². The van der Waals surface area contributed by atoms with E-state index in [2.05, 4.69) is 36.9 Å². The number of likely N-dealkylation sites (tertiary alicyclic amines) is 1. The fourth-order valence-electron chi connectivity index (χ4n) is 4.10. The first-order valence-corrected chi connectivity index (χ1v) is 7.79. The molecule has 3 nitrogen and oxygen atoms in total. The number of aromatic hydroxyl groups is 1. The minimum Gasteiger partial charge on any atom is -0.508 e. The molecule has 1 aromatic carbocycles. The van der Waals surface area contributed by atoms with Gasteiger partial charge in [-0.25, -0.2) is 0 Å². The Morgan fingerprint density at radius 3 is 2.75 bits per heavy atom. The molecule has 1 fully saturated rings. The highest BCUT2D eigenvalue weighted by molar-refractivity contribution is 5.42. The van der Waals surface area contributed by atoms with Crippen LogP contribution in [0.5, 0.6) is 5.75 Å². The Morgan fingerprint density at radius 2 is 2.05 bits per heavy atom. The van der Waals surface area contributed by atoms with E-state index in [1.54, 1.807) is 0 Å². The average Bonchev–Trinajstić information content (AvgIpc) is 2.81. The molecule has 0 bridgehead atoms. The normalized spacial score (nSPS) is 30.7. The maximum Gasteiger partial charge on any atom is 0.119 e. The number of benzene rings is 1. The monoisotopic (exact) mass is 274 g/mol. The molecule has 0 amide bonds. The predicted octanol–water partition coefficient (Wildman–Crippen LogP) is 2.65. The van der Waals surface area contributed by atoms with Crippen LogP contribution in [0.1, 0.15) is 36.9 Å². The molecule has 1 aliphatic heterocycles.